The van der Waals surface area contributed by atoms with Crippen molar-refractivity contribution in [3.05, 3.63) is 30.3 Å². The molecule has 3 atom stereocenters. The number of amides is 1. The number of carbonyl (C=O) groups is 1. The maximum Gasteiger partial charge on any atom is 0.240 e. The first-order chi connectivity index (χ1) is 13.0. The summed E-state index contributed by atoms with van der Waals surface area (Å²) in [7, 11) is -3.00. The van der Waals surface area contributed by atoms with Crippen LogP contribution in [-0.2, 0) is 19.4 Å². The lowest BCUT2D eigenvalue weighted by Crippen LogP contribution is -2.42. The van der Waals surface area contributed by atoms with Crippen LogP contribution in [0.5, 0.6) is 0 Å². The number of aliphatic imine (C=N–C) groups is 1. The van der Waals surface area contributed by atoms with Crippen molar-refractivity contribution in [3.63, 3.8) is 0 Å². The average Bonchev–Trinajstić information content (AvgIpc) is 3.33. The number of sulfone groups is 1. The Labute approximate surface area is 163 Å². The van der Waals surface area contributed by atoms with Crippen LogP contribution in [0.25, 0.3) is 0 Å². The quantitative estimate of drug-likeness (QED) is 0.782. The molecule has 3 heterocycles. The Morgan fingerprint density at radius 3 is 2.81 bits per heavy atom. The van der Waals surface area contributed by atoms with E-state index in [-0.39, 0.29) is 41.4 Å². The predicted octanol–water partition coefficient (Wildman–Crippen LogP) is 1.06. The van der Waals surface area contributed by atoms with E-state index in [1.54, 1.807) is 0 Å². The van der Waals surface area contributed by atoms with E-state index in [0.717, 1.165) is 30.3 Å². The average molecular weight is 410 g/mol. The van der Waals surface area contributed by atoms with Gasteiger partial charge in [0.25, 0.3) is 0 Å². The van der Waals surface area contributed by atoms with Crippen LogP contribution in [0.2, 0.25) is 0 Å². The summed E-state index contributed by atoms with van der Waals surface area (Å²) >= 11 is 1.46. The van der Waals surface area contributed by atoms with Crippen LogP contribution in [0.15, 0.2) is 35.3 Å². The standard InChI is InChI=1S/C18H23N3O4S2/c22-17(19-9-14-7-4-8-25-14)10-21(13-5-2-1-3-6-13)18-20-15-11-27(23,24)12-16(15)26-18/h1-3,5-6,14-16H,4,7-12H2,(H,19,22). The highest BCUT2D eigenvalue weighted by Crippen LogP contribution is 2.36. The molecule has 3 aliphatic rings. The summed E-state index contributed by atoms with van der Waals surface area (Å²) in [6.45, 7) is 1.43. The van der Waals surface area contributed by atoms with Crippen molar-refractivity contribution in [2.45, 2.75) is 30.2 Å². The molecule has 3 unspecified atom stereocenters. The lowest BCUT2D eigenvalue weighted by molar-refractivity contribution is -0.120. The number of benzene rings is 1. The summed E-state index contributed by atoms with van der Waals surface area (Å²) < 4.78 is 29.2. The number of hydrogen-bond acceptors (Lipinski definition) is 7. The van der Waals surface area contributed by atoms with Crippen molar-refractivity contribution in [1.29, 1.82) is 0 Å². The maximum absolute atomic E-state index is 12.5. The Kier molecular flexibility index (Phi) is 5.43. The van der Waals surface area contributed by atoms with Crippen molar-refractivity contribution in [3.8, 4) is 0 Å². The monoisotopic (exact) mass is 409 g/mol. The van der Waals surface area contributed by atoms with E-state index in [1.165, 1.54) is 11.8 Å². The van der Waals surface area contributed by atoms with Gasteiger partial charge in [0, 0.05) is 24.1 Å². The number of anilines is 1. The molecule has 0 bridgehead atoms. The Morgan fingerprint density at radius 2 is 2.11 bits per heavy atom. The fourth-order valence-electron chi connectivity index (χ4n) is 3.58. The SMILES string of the molecule is O=C(CN(C1=NC2CS(=O)(=O)CC2S1)c1ccccc1)NCC1CCCO1. The minimum Gasteiger partial charge on any atom is -0.376 e. The largest absolute Gasteiger partial charge is 0.376 e. The van der Waals surface area contributed by atoms with Gasteiger partial charge in [0.15, 0.2) is 15.0 Å². The third kappa shape index (κ3) is 4.47. The molecule has 0 aromatic heterocycles. The molecule has 1 amide bonds. The molecule has 9 heteroatoms. The van der Waals surface area contributed by atoms with Crippen molar-refractivity contribution < 1.29 is 17.9 Å². The van der Waals surface area contributed by atoms with E-state index in [0.29, 0.717) is 6.54 Å². The van der Waals surface area contributed by atoms with Gasteiger partial charge in [0.2, 0.25) is 5.91 Å². The van der Waals surface area contributed by atoms with Gasteiger partial charge in [-0.25, -0.2) is 8.42 Å². The van der Waals surface area contributed by atoms with E-state index in [4.69, 9.17) is 4.74 Å². The van der Waals surface area contributed by atoms with Gasteiger partial charge in [0.1, 0.15) is 6.54 Å². The molecule has 7 nitrogen and oxygen atoms in total. The molecule has 1 aromatic rings. The van der Waals surface area contributed by atoms with Gasteiger partial charge >= 0.3 is 0 Å². The predicted molar refractivity (Wildman–Crippen MR) is 107 cm³/mol. The zero-order chi connectivity index (χ0) is 18.9. The normalized spacial score (nSPS) is 28.6. The van der Waals surface area contributed by atoms with Crippen LogP contribution in [0.3, 0.4) is 0 Å². The summed E-state index contributed by atoms with van der Waals surface area (Å²) in [5.41, 5.74) is 0.874. The number of thioether (sulfide) groups is 1. The third-order valence-electron chi connectivity index (χ3n) is 4.96. The highest BCUT2D eigenvalue weighted by Gasteiger charge is 2.44. The van der Waals surface area contributed by atoms with E-state index >= 15 is 0 Å². The Hall–Kier alpha value is -1.58. The third-order valence-corrected chi connectivity index (χ3v) is 8.20. The molecule has 146 valence electrons. The number of nitrogens with zero attached hydrogens (tertiary/aromatic N) is 2. The molecule has 27 heavy (non-hydrogen) atoms. The lowest BCUT2D eigenvalue weighted by Gasteiger charge is -2.24. The number of amidine groups is 1. The molecular formula is C18H23N3O4S2. The molecule has 0 aliphatic carbocycles. The summed E-state index contributed by atoms with van der Waals surface area (Å²) in [6.07, 6.45) is 2.11. The van der Waals surface area contributed by atoms with Gasteiger partial charge in [0.05, 0.1) is 23.7 Å². The number of fused-ring (bicyclic) bond motifs is 1. The minimum atomic E-state index is -3.00. The second-order valence-electron chi connectivity index (χ2n) is 7.07. The molecule has 0 spiro atoms. The van der Waals surface area contributed by atoms with Gasteiger partial charge < -0.3 is 15.0 Å². The van der Waals surface area contributed by atoms with E-state index < -0.39 is 9.84 Å². The minimum absolute atomic E-state index is 0.0498. The van der Waals surface area contributed by atoms with Crippen LogP contribution < -0.4 is 10.2 Å². The fraction of sp³-hybridized carbons (Fsp3) is 0.556. The van der Waals surface area contributed by atoms with Crippen molar-refractivity contribution in [2.75, 3.05) is 36.1 Å². The first-order valence-corrected chi connectivity index (χ1v) is 11.9. The zero-order valence-electron chi connectivity index (χ0n) is 14.9. The van der Waals surface area contributed by atoms with Crippen molar-refractivity contribution >= 4 is 38.4 Å². The number of ether oxygens (including phenoxy) is 1. The van der Waals surface area contributed by atoms with Crippen LogP contribution in [0.1, 0.15) is 12.8 Å². The van der Waals surface area contributed by atoms with Crippen LogP contribution in [0, 0.1) is 0 Å². The van der Waals surface area contributed by atoms with Crippen molar-refractivity contribution in [2.24, 2.45) is 4.99 Å². The number of para-hydroxylation sites is 1. The maximum atomic E-state index is 12.5. The fourth-order valence-corrected chi connectivity index (χ4v) is 7.36. The van der Waals surface area contributed by atoms with E-state index in [1.807, 2.05) is 35.2 Å². The van der Waals surface area contributed by atoms with Gasteiger partial charge in [-0.05, 0) is 25.0 Å². The highest BCUT2D eigenvalue weighted by atomic mass is 32.2. The molecule has 2 fully saturated rings. The van der Waals surface area contributed by atoms with Crippen LogP contribution in [-0.4, -0.2) is 68.1 Å². The summed E-state index contributed by atoms with van der Waals surface area (Å²) in [5, 5.41) is 3.62. The number of nitrogens with one attached hydrogen (secondary N) is 1. The molecule has 3 aliphatic heterocycles. The zero-order valence-corrected chi connectivity index (χ0v) is 16.5. The Balaban J connectivity index is 1.46. The van der Waals surface area contributed by atoms with Gasteiger partial charge in [-0.2, -0.15) is 0 Å². The molecule has 1 aromatic carbocycles. The smallest absolute Gasteiger partial charge is 0.240 e. The molecule has 1 N–H and O–H groups in total. The first kappa shape index (κ1) is 18.8. The Bertz CT molecular complexity index is 822. The number of carbonyl (C=O) groups excluding carboxylic acids is 1. The summed E-state index contributed by atoms with van der Waals surface area (Å²) in [6, 6.07) is 9.40. The lowest BCUT2D eigenvalue weighted by atomic mass is 10.2. The van der Waals surface area contributed by atoms with Crippen LogP contribution >= 0.6 is 11.8 Å². The van der Waals surface area contributed by atoms with Gasteiger partial charge in [-0.15, -0.1) is 0 Å². The van der Waals surface area contributed by atoms with Gasteiger partial charge in [-0.1, -0.05) is 30.0 Å². The van der Waals surface area contributed by atoms with Gasteiger partial charge in [-0.3, -0.25) is 9.79 Å². The Morgan fingerprint density at radius 1 is 1.30 bits per heavy atom. The second-order valence-corrected chi connectivity index (χ2v) is 10.4. The number of rotatable bonds is 5. The van der Waals surface area contributed by atoms with Crippen LogP contribution in [0.4, 0.5) is 5.69 Å². The molecule has 0 radical (unpaired) electrons. The van der Waals surface area contributed by atoms with E-state index in [2.05, 4.69) is 10.3 Å². The highest BCUT2D eigenvalue weighted by molar-refractivity contribution is 8.15. The topological polar surface area (TPSA) is 88.1 Å². The second kappa shape index (κ2) is 7.81. The molecule has 0 saturated carbocycles. The summed E-state index contributed by atoms with van der Waals surface area (Å²) in [5.74, 6) is 0.160. The van der Waals surface area contributed by atoms with E-state index in [9.17, 15) is 13.2 Å². The molecule has 2 saturated heterocycles. The molecular weight excluding hydrogens is 386 g/mol. The summed E-state index contributed by atoms with van der Waals surface area (Å²) in [4.78, 5) is 19.0. The number of hydrogen-bond donors (Lipinski definition) is 1. The first-order valence-electron chi connectivity index (χ1n) is 9.16. The van der Waals surface area contributed by atoms with Crippen molar-refractivity contribution in [1.82, 2.24) is 5.32 Å². The molecule has 4 rings (SSSR count).